The molecule has 0 aliphatic carbocycles. The predicted molar refractivity (Wildman–Crippen MR) is 49.7 cm³/mol. The van der Waals surface area contributed by atoms with Crippen LogP contribution in [0.1, 0.15) is 58.8 Å². The SMILES string of the molecule is CCCCCCCC(O)CC. The van der Waals surface area contributed by atoms with E-state index in [2.05, 4.69) is 6.92 Å². The Labute approximate surface area is 70.8 Å². The minimum atomic E-state index is -0.0448. The van der Waals surface area contributed by atoms with Crippen molar-refractivity contribution in [2.24, 2.45) is 0 Å². The summed E-state index contributed by atoms with van der Waals surface area (Å²) in [5, 5.41) is 9.21. The predicted octanol–water partition coefficient (Wildman–Crippen LogP) is 3.12. The third kappa shape index (κ3) is 7.86. The summed E-state index contributed by atoms with van der Waals surface area (Å²) in [4.78, 5) is 0. The monoisotopic (exact) mass is 158 g/mol. The fourth-order valence-corrected chi connectivity index (χ4v) is 1.19. The summed E-state index contributed by atoms with van der Waals surface area (Å²) in [6.45, 7) is 4.26. The van der Waals surface area contributed by atoms with Crippen molar-refractivity contribution in [1.82, 2.24) is 0 Å². The Morgan fingerprint density at radius 3 is 2.18 bits per heavy atom. The summed E-state index contributed by atoms with van der Waals surface area (Å²) < 4.78 is 0. The Balaban J connectivity index is 2.89. The molecule has 0 rings (SSSR count). The molecule has 0 amide bonds. The van der Waals surface area contributed by atoms with Gasteiger partial charge in [0, 0.05) is 0 Å². The quantitative estimate of drug-likeness (QED) is 0.564. The third-order valence-electron chi connectivity index (χ3n) is 2.11. The lowest BCUT2D eigenvalue weighted by molar-refractivity contribution is 0.156. The Morgan fingerprint density at radius 2 is 1.64 bits per heavy atom. The van der Waals surface area contributed by atoms with Crippen molar-refractivity contribution in [2.75, 3.05) is 0 Å². The van der Waals surface area contributed by atoms with E-state index in [1.54, 1.807) is 0 Å². The van der Waals surface area contributed by atoms with Gasteiger partial charge in [-0.1, -0.05) is 46.0 Å². The van der Waals surface area contributed by atoms with Gasteiger partial charge in [0.05, 0.1) is 6.10 Å². The van der Waals surface area contributed by atoms with Crippen molar-refractivity contribution >= 4 is 0 Å². The first-order chi connectivity index (χ1) is 5.31. The van der Waals surface area contributed by atoms with Gasteiger partial charge in [-0.2, -0.15) is 0 Å². The van der Waals surface area contributed by atoms with Crippen LogP contribution in [0.5, 0.6) is 0 Å². The van der Waals surface area contributed by atoms with Gasteiger partial charge < -0.3 is 5.11 Å². The van der Waals surface area contributed by atoms with Gasteiger partial charge in [0.1, 0.15) is 0 Å². The highest BCUT2D eigenvalue weighted by Gasteiger charge is 1.98. The van der Waals surface area contributed by atoms with E-state index in [-0.39, 0.29) is 6.10 Å². The number of hydrogen-bond acceptors (Lipinski definition) is 1. The third-order valence-corrected chi connectivity index (χ3v) is 2.11. The highest BCUT2D eigenvalue weighted by atomic mass is 16.3. The summed E-state index contributed by atoms with van der Waals surface area (Å²) in [5.41, 5.74) is 0. The molecule has 0 aromatic heterocycles. The largest absolute Gasteiger partial charge is 0.393 e. The Hall–Kier alpha value is -0.0400. The second-order valence-corrected chi connectivity index (χ2v) is 3.26. The van der Waals surface area contributed by atoms with Crippen molar-refractivity contribution in [2.45, 2.75) is 64.9 Å². The first-order valence-corrected chi connectivity index (χ1v) is 4.99. The molecule has 0 aromatic carbocycles. The van der Waals surface area contributed by atoms with Gasteiger partial charge in [-0.15, -0.1) is 0 Å². The maximum absolute atomic E-state index is 9.21. The van der Waals surface area contributed by atoms with Gasteiger partial charge >= 0.3 is 0 Å². The van der Waals surface area contributed by atoms with E-state index in [4.69, 9.17) is 0 Å². The topological polar surface area (TPSA) is 20.2 Å². The lowest BCUT2D eigenvalue weighted by Crippen LogP contribution is -2.03. The van der Waals surface area contributed by atoms with Crippen LogP contribution in [0, 0.1) is 0 Å². The van der Waals surface area contributed by atoms with Crippen molar-refractivity contribution < 1.29 is 5.11 Å². The molecule has 0 aromatic rings. The van der Waals surface area contributed by atoms with Crippen molar-refractivity contribution in [3.05, 3.63) is 0 Å². The second-order valence-electron chi connectivity index (χ2n) is 3.26. The molecular formula is C10H22O. The lowest BCUT2D eigenvalue weighted by Gasteiger charge is -2.05. The number of aliphatic hydroxyl groups excluding tert-OH is 1. The number of unbranched alkanes of at least 4 members (excludes halogenated alkanes) is 4. The van der Waals surface area contributed by atoms with Crippen molar-refractivity contribution in [3.8, 4) is 0 Å². The first kappa shape index (κ1) is 11.0. The van der Waals surface area contributed by atoms with Crippen LogP contribution in [0.2, 0.25) is 0 Å². The van der Waals surface area contributed by atoms with E-state index in [0.29, 0.717) is 0 Å². The molecule has 1 atom stereocenters. The van der Waals surface area contributed by atoms with E-state index in [1.807, 2.05) is 6.92 Å². The van der Waals surface area contributed by atoms with Crippen LogP contribution >= 0.6 is 0 Å². The van der Waals surface area contributed by atoms with Crippen LogP contribution in [0.15, 0.2) is 0 Å². The Morgan fingerprint density at radius 1 is 1.00 bits per heavy atom. The molecule has 1 unspecified atom stereocenters. The minimum Gasteiger partial charge on any atom is -0.393 e. The van der Waals surface area contributed by atoms with Gasteiger partial charge in [0.2, 0.25) is 0 Å². The van der Waals surface area contributed by atoms with Gasteiger partial charge in [0.25, 0.3) is 0 Å². The van der Waals surface area contributed by atoms with Gasteiger partial charge in [-0.3, -0.25) is 0 Å². The summed E-state index contributed by atoms with van der Waals surface area (Å²) >= 11 is 0. The fraction of sp³-hybridized carbons (Fsp3) is 1.00. The normalized spacial score (nSPS) is 13.4. The van der Waals surface area contributed by atoms with Crippen LogP contribution in [0.4, 0.5) is 0 Å². The van der Waals surface area contributed by atoms with Crippen LogP contribution < -0.4 is 0 Å². The highest BCUT2D eigenvalue weighted by Crippen LogP contribution is 2.08. The van der Waals surface area contributed by atoms with Gasteiger partial charge in [0.15, 0.2) is 0 Å². The standard InChI is InChI=1S/C10H22O/c1-3-5-6-7-8-9-10(11)4-2/h10-11H,3-9H2,1-2H3. The second kappa shape index (κ2) is 8.06. The number of aliphatic hydroxyl groups is 1. The summed E-state index contributed by atoms with van der Waals surface area (Å²) in [7, 11) is 0. The smallest absolute Gasteiger partial charge is 0.0537 e. The molecule has 1 nitrogen and oxygen atoms in total. The Kier molecular flexibility index (Phi) is 8.03. The van der Waals surface area contributed by atoms with E-state index in [9.17, 15) is 5.11 Å². The van der Waals surface area contributed by atoms with Crippen LogP contribution in [-0.2, 0) is 0 Å². The zero-order valence-corrected chi connectivity index (χ0v) is 7.97. The molecule has 0 spiro atoms. The van der Waals surface area contributed by atoms with Gasteiger partial charge in [-0.05, 0) is 12.8 Å². The Bertz CT molecular complexity index is 71.3. The maximum atomic E-state index is 9.21. The molecule has 1 N–H and O–H groups in total. The molecule has 0 saturated heterocycles. The molecule has 11 heavy (non-hydrogen) atoms. The molecule has 0 aliphatic heterocycles. The number of rotatable bonds is 7. The molecule has 0 bridgehead atoms. The molecular weight excluding hydrogens is 136 g/mol. The van der Waals surface area contributed by atoms with E-state index >= 15 is 0 Å². The minimum absolute atomic E-state index is 0.0448. The van der Waals surface area contributed by atoms with Crippen molar-refractivity contribution in [1.29, 1.82) is 0 Å². The van der Waals surface area contributed by atoms with Crippen LogP contribution in [0.3, 0.4) is 0 Å². The van der Waals surface area contributed by atoms with E-state index in [1.165, 1.54) is 32.1 Å². The van der Waals surface area contributed by atoms with Crippen LogP contribution in [0.25, 0.3) is 0 Å². The molecule has 1 heteroatoms. The average molecular weight is 158 g/mol. The summed E-state index contributed by atoms with van der Waals surface area (Å²) in [6.07, 6.45) is 8.36. The molecule has 0 aliphatic rings. The highest BCUT2D eigenvalue weighted by molar-refractivity contribution is 4.52. The fourth-order valence-electron chi connectivity index (χ4n) is 1.19. The molecule has 0 radical (unpaired) electrons. The summed E-state index contributed by atoms with van der Waals surface area (Å²) in [6, 6.07) is 0. The molecule has 0 heterocycles. The van der Waals surface area contributed by atoms with E-state index in [0.717, 1.165) is 12.8 Å². The maximum Gasteiger partial charge on any atom is 0.0537 e. The average Bonchev–Trinajstić information content (AvgIpc) is 2.04. The zero-order chi connectivity index (χ0) is 8.53. The van der Waals surface area contributed by atoms with Crippen molar-refractivity contribution in [3.63, 3.8) is 0 Å². The van der Waals surface area contributed by atoms with Gasteiger partial charge in [-0.25, -0.2) is 0 Å². The molecule has 0 fully saturated rings. The van der Waals surface area contributed by atoms with Crippen LogP contribution in [-0.4, -0.2) is 11.2 Å². The number of hydrogen-bond donors (Lipinski definition) is 1. The lowest BCUT2D eigenvalue weighted by atomic mass is 10.1. The van der Waals surface area contributed by atoms with E-state index < -0.39 is 0 Å². The summed E-state index contributed by atoms with van der Waals surface area (Å²) in [5.74, 6) is 0. The molecule has 0 saturated carbocycles. The first-order valence-electron chi connectivity index (χ1n) is 4.99. The zero-order valence-electron chi connectivity index (χ0n) is 7.97. The molecule has 68 valence electrons.